The zero-order valence-corrected chi connectivity index (χ0v) is 11.1. The van der Waals surface area contributed by atoms with Gasteiger partial charge in [-0.05, 0) is 6.07 Å². The van der Waals surface area contributed by atoms with E-state index in [1.54, 1.807) is 7.11 Å². The summed E-state index contributed by atoms with van der Waals surface area (Å²) < 4.78 is 31.1. The molecule has 1 aromatic rings. The van der Waals surface area contributed by atoms with E-state index in [9.17, 15) is 8.78 Å². The van der Waals surface area contributed by atoms with Gasteiger partial charge in [-0.15, -0.1) is 0 Å². The van der Waals surface area contributed by atoms with Crippen molar-refractivity contribution in [3.8, 4) is 5.75 Å². The number of benzene rings is 1. The molecule has 1 aromatic carbocycles. The number of hydrogen-bond acceptors (Lipinski definition) is 3. The van der Waals surface area contributed by atoms with Crippen LogP contribution in [0.3, 0.4) is 0 Å². The molecule has 1 aliphatic rings. The third-order valence-corrected chi connectivity index (χ3v) is 3.49. The van der Waals surface area contributed by atoms with Crippen LogP contribution in [0.5, 0.6) is 5.75 Å². The van der Waals surface area contributed by atoms with E-state index in [0.717, 1.165) is 31.7 Å². The lowest BCUT2D eigenvalue weighted by Crippen LogP contribution is -2.45. The lowest BCUT2D eigenvalue weighted by atomic mass is 10.00. The van der Waals surface area contributed by atoms with Crippen molar-refractivity contribution in [2.24, 2.45) is 0 Å². The molecule has 2 rings (SSSR count). The predicted octanol–water partition coefficient (Wildman–Crippen LogP) is 2.30. The summed E-state index contributed by atoms with van der Waals surface area (Å²) in [6.45, 7) is 3.26. The van der Waals surface area contributed by atoms with E-state index in [1.807, 2.05) is 24.3 Å². The molecule has 1 saturated heterocycles. The van der Waals surface area contributed by atoms with Gasteiger partial charge in [0.25, 0.3) is 0 Å². The molecule has 1 atom stereocenters. The molecule has 1 fully saturated rings. The van der Waals surface area contributed by atoms with Gasteiger partial charge in [-0.25, -0.2) is 8.78 Å². The first kappa shape index (κ1) is 14.2. The van der Waals surface area contributed by atoms with Gasteiger partial charge in [0.2, 0.25) is 6.43 Å². The number of ether oxygens (including phenoxy) is 1. The Morgan fingerprint density at radius 1 is 1.26 bits per heavy atom. The maximum absolute atomic E-state index is 12.9. The Labute approximate surface area is 112 Å². The zero-order valence-electron chi connectivity index (χ0n) is 11.1. The Balaban J connectivity index is 2.25. The van der Waals surface area contributed by atoms with Crippen molar-refractivity contribution in [3.05, 3.63) is 29.8 Å². The molecule has 0 bridgehead atoms. The quantitative estimate of drug-likeness (QED) is 0.888. The van der Waals surface area contributed by atoms with E-state index < -0.39 is 6.43 Å². The Morgan fingerprint density at radius 2 is 1.95 bits per heavy atom. The molecule has 106 valence electrons. The largest absolute Gasteiger partial charge is 0.496 e. The van der Waals surface area contributed by atoms with Gasteiger partial charge in [0, 0.05) is 44.2 Å². The minimum Gasteiger partial charge on any atom is -0.496 e. The fraction of sp³-hybridized carbons (Fsp3) is 0.571. The maximum Gasteiger partial charge on any atom is 0.240 e. The molecule has 1 aliphatic heterocycles. The average molecular weight is 270 g/mol. The number of halogens is 2. The van der Waals surface area contributed by atoms with E-state index >= 15 is 0 Å². The Bertz CT molecular complexity index is 395. The van der Waals surface area contributed by atoms with Gasteiger partial charge in [0.05, 0.1) is 7.11 Å². The Hall–Kier alpha value is -1.20. The summed E-state index contributed by atoms with van der Waals surface area (Å²) in [5.41, 5.74) is 0.854. The SMILES string of the molecule is COc1ccccc1[C@@H](CC(F)F)N1CCNCC1. The van der Waals surface area contributed by atoms with Crippen molar-refractivity contribution < 1.29 is 13.5 Å². The summed E-state index contributed by atoms with van der Waals surface area (Å²) >= 11 is 0. The van der Waals surface area contributed by atoms with Gasteiger partial charge in [0.1, 0.15) is 5.75 Å². The number of nitrogens with one attached hydrogen (secondary N) is 1. The van der Waals surface area contributed by atoms with Crippen LogP contribution in [0.1, 0.15) is 18.0 Å². The van der Waals surface area contributed by atoms with E-state index in [1.165, 1.54) is 0 Å². The molecule has 3 nitrogen and oxygen atoms in total. The highest BCUT2D eigenvalue weighted by Gasteiger charge is 2.27. The first-order valence-corrected chi connectivity index (χ1v) is 6.58. The van der Waals surface area contributed by atoms with Crippen molar-refractivity contribution in [2.75, 3.05) is 33.3 Å². The number of piperazine rings is 1. The average Bonchev–Trinajstić information content (AvgIpc) is 2.45. The summed E-state index contributed by atoms with van der Waals surface area (Å²) in [7, 11) is 1.58. The highest BCUT2D eigenvalue weighted by molar-refractivity contribution is 5.36. The second-order valence-electron chi connectivity index (χ2n) is 4.67. The fourth-order valence-corrected chi connectivity index (χ4v) is 2.58. The number of rotatable bonds is 5. The van der Waals surface area contributed by atoms with Crippen LogP contribution in [0, 0.1) is 0 Å². The molecule has 0 spiro atoms. The Morgan fingerprint density at radius 3 is 2.58 bits per heavy atom. The van der Waals surface area contributed by atoms with Crippen LogP contribution in [0.15, 0.2) is 24.3 Å². The lowest BCUT2D eigenvalue weighted by molar-refractivity contribution is 0.0729. The first-order chi connectivity index (χ1) is 9.22. The van der Waals surface area contributed by atoms with Crippen molar-refractivity contribution in [3.63, 3.8) is 0 Å². The molecule has 19 heavy (non-hydrogen) atoms. The van der Waals surface area contributed by atoms with E-state index in [4.69, 9.17) is 4.74 Å². The van der Waals surface area contributed by atoms with Gasteiger partial charge < -0.3 is 10.1 Å². The van der Waals surface area contributed by atoms with Gasteiger partial charge in [-0.2, -0.15) is 0 Å². The fourth-order valence-electron chi connectivity index (χ4n) is 2.58. The minimum atomic E-state index is -2.32. The van der Waals surface area contributed by atoms with Crippen molar-refractivity contribution in [1.29, 1.82) is 0 Å². The molecule has 1 heterocycles. The Kier molecular flexibility index (Phi) is 5.10. The summed E-state index contributed by atoms with van der Waals surface area (Å²) in [5, 5.41) is 3.24. The van der Waals surface area contributed by atoms with Crippen LogP contribution in [0.2, 0.25) is 0 Å². The van der Waals surface area contributed by atoms with Crippen molar-refractivity contribution in [1.82, 2.24) is 10.2 Å². The summed E-state index contributed by atoms with van der Waals surface area (Å²) in [5.74, 6) is 0.687. The highest BCUT2D eigenvalue weighted by atomic mass is 19.3. The van der Waals surface area contributed by atoms with Gasteiger partial charge in [0.15, 0.2) is 0 Å². The zero-order chi connectivity index (χ0) is 13.7. The lowest BCUT2D eigenvalue weighted by Gasteiger charge is -2.35. The molecule has 0 amide bonds. The van der Waals surface area contributed by atoms with Gasteiger partial charge in [-0.3, -0.25) is 4.90 Å². The van der Waals surface area contributed by atoms with Crippen LogP contribution >= 0.6 is 0 Å². The maximum atomic E-state index is 12.9. The summed E-state index contributed by atoms with van der Waals surface area (Å²) in [6.07, 6.45) is -2.47. The van der Waals surface area contributed by atoms with Crippen LogP contribution < -0.4 is 10.1 Å². The topological polar surface area (TPSA) is 24.5 Å². The predicted molar refractivity (Wildman–Crippen MR) is 70.8 cm³/mol. The van der Waals surface area contributed by atoms with Crippen LogP contribution in [0.4, 0.5) is 8.78 Å². The molecule has 0 radical (unpaired) electrons. The smallest absolute Gasteiger partial charge is 0.240 e. The summed E-state index contributed by atoms with van der Waals surface area (Å²) in [4.78, 5) is 2.11. The first-order valence-electron chi connectivity index (χ1n) is 6.58. The number of hydrogen-bond donors (Lipinski definition) is 1. The number of methoxy groups -OCH3 is 1. The molecule has 1 N–H and O–H groups in total. The molecule has 0 aromatic heterocycles. The number of para-hydroxylation sites is 1. The third kappa shape index (κ3) is 3.64. The second-order valence-corrected chi connectivity index (χ2v) is 4.67. The number of alkyl halides is 2. The molecule has 0 saturated carbocycles. The van der Waals surface area contributed by atoms with Crippen molar-refractivity contribution >= 4 is 0 Å². The third-order valence-electron chi connectivity index (χ3n) is 3.49. The molecule has 0 aliphatic carbocycles. The van der Waals surface area contributed by atoms with Gasteiger partial charge in [-0.1, -0.05) is 18.2 Å². The van der Waals surface area contributed by atoms with Crippen molar-refractivity contribution in [2.45, 2.75) is 18.9 Å². The number of nitrogens with zero attached hydrogens (tertiary/aromatic N) is 1. The minimum absolute atomic E-state index is 0.152. The van der Waals surface area contributed by atoms with Gasteiger partial charge >= 0.3 is 0 Å². The van der Waals surface area contributed by atoms with Crippen LogP contribution in [-0.2, 0) is 0 Å². The highest BCUT2D eigenvalue weighted by Crippen LogP contribution is 2.33. The van der Waals surface area contributed by atoms with E-state index in [2.05, 4.69) is 10.2 Å². The molecule has 0 unspecified atom stereocenters. The van der Waals surface area contributed by atoms with Crippen LogP contribution in [-0.4, -0.2) is 44.6 Å². The monoisotopic (exact) mass is 270 g/mol. The molecular formula is C14H20F2N2O. The molecule has 5 heteroatoms. The van der Waals surface area contributed by atoms with E-state index in [-0.39, 0.29) is 12.5 Å². The summed E-state index contributed by atoms with van der Waals surface area (Å²) in [6, 6.07) is 7.17. The van der Waals surface area contributed by atoms with Crippen LogP contribution in [0.25, 0.3) is 0 Å². The standard InChI is InChI=1S/C14H20F2N2O/c1-19-13-5-3-2-4-11(13)12(10-14(15)16)18-8-6-17-7-9-18/h2-5,12,14,17H,6-10H2,1H3/t12-/m1/s1. The normalized spacial score (nSPS) is 18.5. The van der Waals surface area contributed by atoms with E-state index in [0.29, 0.717) is 5.75 Å². The second kappa shape index (κ2) is 6.82. The molecular weight excluding hydrogens is 250 g/mol.